The first-order valence-corrected chi connectivity index (χ1v) is 9.58. The molecule has 0 saturated carbocycles. The highest BCUT2D eigenvalue weighted by molar-refractivity contribution is 5.75. The van der Waals surface area contributed by atoms with Crippen molar-refractivity contribution in [3.05, 3.63) is 95.8 Å². The predicted molar refractivity (Wildman–Crippen MR) is 108 cm³/mol. The summed E-state index contributed by atoms with van der Waals surface area (Å²) >= 11 is 0. The number of nitrogens with one attached hydrogen (secondary N) is 1. The van der Waals surface area contributed by atoms with Crippen LogP contribution in [-0.2, 0) is 19.4 Å². The topological polar surface area (TPSA) is 37.3 Å². The fourth-order valence-electron chi connectivity index (χ4n) is 3.82. The molecule has 2 aromatic carbocycles. The van der Waals surface area contributed by atoms with E-state index in [1.54, 1.807) is 0 Å². The van der Waals surface area contributed by atoms with E-state index in [2.05, 4.69) is 64.6 Å². The maximum Gasteiger partial charge on any atom is 0.318 e. The zero-order chi connectivity index (χ0) is 18.5. The number of amides is 2. The van der Waals surface area contributed by atoms with Crippen molar-refractivity contribution in [3.8, 4) is 0 Å². The molecular weight excluding hydrogens is 334 g/mol. The molecule has 1 atom stereocenters. The van der Waals surface area contributed by atoms with Gasteiger partial charge in [0.15, 0.2) is 0 Å². The van der Waals surface area contributed by atoms with Crippen molar-refractivity contribution < 1.29 is 4.79 Å². The van der Waals surface area contributed by atoms with Crippen LogP contribution in [0, 0.1) is 0 Å². The second-order valence-corrected chi connectivity index (χ2v) is 6.99. The predicted octanol–water partition coefficient (Wildman–Crippen LogP) is 4.04. The summed E-state index contributed by atoms with van der Waals surface area (Å²) in [5, 5.41) is 3.12. The molecule has 138 valence electrons. The molecule has 4 rings (SSSR count). The molecule has 4 nitrogen and oxygen atoms in total. The van der Waals surface area contributed by atoms with E-state index in [4.69, 9.17) is 0 Å². The standard InChI is InChI=1S/C23H25N3O/c27-23(24-14-13-19-8-3-1-4-9-19)26-17-16-25-15-7-12-21(25)22(26)18-20-10-5-2-6-11-20/h1-12,15,22H,13-14,16-18H2,(H,24,27). The number of carbonyl (C=O) groups excluding carboxylic acids is 1. The van der Waals surface area contributed by atoms with Crippen LogP contribution in [0.25, 0.3) is 0 Å². The molecule has 1 aromatic heterocycles. The van der Waals surface area contributed by atoms with E-state index in [9.17, 15) is 4.79 Å². The number of aromatic nitrogens is 1. The zero-order valence-corrected chi connectivity index (χ0v) is 15.4. The fourth-order valence-corrected chi connectivity index (χ4v) is 3.82. The normalized spacial score (nSPS) is 16.0. The smallest absolute Gasteiger partial charge is 0.318 e. The minimum absolute atomic E-state index is 0.0271. The Bertz CT molecular complexity index is 873. The molecule has 1 aliphatic heterocycles. The maximum absolute atomic E-state index is 12.9. The lowest BCUT2D eigenvalue weighted by Crippen LogP contribution is -2.48. The number of hydrogen-bond donors (Lipinski definition) is 1. The van der Waals surface area contributed by atoms with E-state index in [1.165, 1.54) is 16.8 Å². The van der Waals surface area contributed by atoms with Crippen molar-refractivity contribution in [1.29, 1.82) is 0 Å². The van der Waals surface area contributed by atoms with E-state index >= 15 is 0 Å². The largest absolute Gasteiger partial charge is 0.348 e. The minimum atomic E-state index is 0.0271. The van der Waals surface area contributed by atoms with Gasteiger partial charge in [-0.1, -0.05) is 60.7 Å². The number of rotatable bonds is 5. The van der Waals surface area contributed by atoms with Crippen LogP contribution in [0.5, 0.6) is 0 Å². The van der Waals surface area contributed by atoms with E-state index in [1.807, 2.05) is 29.2 Å². The third-order valence-electron chi connectivity index (χ3n) is 5.23. The van der Waals surface area contributed by atoms with Gasteiger partial charge in [0.25, 0.3) is 0 Å². The summed E-state index contributed by atoms with van der Waals surface area (Å²) in [4.78, 5) is 14.9. The van der Waals surface area contributed by atoms with Crippen molar-refractivity contribution in [1.82, 2.24) is 14.8 Å². The molecule has 0 bridgehead atoms. The summed E-state index contributed by atoms with van der Waals surface area (Å²) < 4.78 is 2.27. The van der Waals surface area contributed by atoms with Crippen LogP contribution in [0.3, 0.4) is 0 Å². The Morgan fingerprint density at radius 2 is 1.59 bits per heavy atom. The van der Waals surface area contributed by atoms with Gasteiger partial charge in [0.2, 0.25) is 0 Å². The first-order valence-electron chi connectivity index (χ1n) is 9.58. The van der Waals surface area contributed by atoms with Crippen LogP contribution in [0.2, 0.25) is 0 Å². The minimum Gasteiger partial charge on any atom is -0.348 e. The maximum atomic E-state index is 12.9. The van der Waals surface area contributed by atoms with Gasteiger partial charge in [0.1, 0.15) is 0 Å². The lowest BCUT2D eigenvalue weighted by molar-refractivity contribution is 0.155. The van der Waals surface area contributed by atoms with Crippen molar-refractivity contribution in [2.75, 3.05) is 13.1 Å². The van der Waals surface area contributed by atoms with Crippen LogP contribution >= 0.6 is 0 Å². The molecule has 2 amide bonds. The Morgan fingerprint density at radius 3 is 2.33 bits per heavy atom. The molecule has 1 N–H and O–H groups in total. The second kappa shape index (κ2) is 8.12. The first-order chi connectivity index (χ1) is 13.3. The third kappa shape index (κ3) is 4.05. The number of carbonyl (C=O) groups is 1. The summed E-state index contributed by atoms with van der Waals surface area (Å²) in [6.45, 7) is 2.23. The summed E-state index contributed by atoms with van der Waals surface area (Å²) in [5.41, 5.74) is 3.70. The summed E-state index contributed by atoms with van der Waals surface area (Å²) in [6.07, 6.45) is 3.79. The Labute approximate surface area is 160 Å². The average Bonchev–Trinajstić information content (AvgIpc) is 3.19. The van der Waals surface area contributed by atoms with Crippen LogP contribution in [-0.4, -0.2) is 28.6 Å². The van der Waals surface area contributed by atoms with Gasteiger partial charge in [-0.2, -0.15) is 0 Å². The van der Waals surface area contributed by atoms with E-state index < -0.39 is 0 Å². The highest BCUT2D eigenvalue weighted by atomic mass is 16.2. The Kier molecular flexibility index (Phi) is 5.24. The molecule has 0 radical (unpaired) electrons. The van der Waals surface area contributed by atoms with Gasteiger partial charge in [-0.3, -0.25) is 0 Å². The van der Waals surface area contributed by atoms with Gasteiger partial charge < -0.3 is 14.8 Å². The molecule has 0 fully saturated rings. The number of nitrogens with zero attached hydrogens (tertiary/aromatic N) is 2. The molecular formula is C23H25N3O. The summed E-state index contributed by atoms with van der Waals surface area (Å²) in [6, 6.07) is 25.0. The summed E-state index contributed by atoms with van der Waals surface area (Å²) in [5.74, 6) is 0. The van der Waals surface area contributed by atoms with Gasteiger partial charge in [-0.25, -0.2) is 4.79 Å². The van der Waals surface area contributed by atoms with Gasteiger partial charge in [0.05, 0.1) is 6.04 Å². The molecule has 0 spiro atoms. The Hall–Kier alpha value is -3.01. The number of fused-ring (bicyclic) bond motifs is 1. The van der Waals surface area contributed by atoms with Crippen molar-refractivity contribution in [3.63, 3.8) is 0 Å². The van der Waals surface area contributed by atoms with Crippen molar-refractivity contribution in [2.24, 2.45) is 0 Å². The van der Waals surface area contributed by atoms with Crippen LogP contribution in [0.4, 0.5) is 4.79 Å². The molecule has 4 heteroatoms. The van der Waals surface area contributed by atoms with Crippen LogP contribution in [0.15, 0.2) is 79.0 Å². The Morgan fingerprint density at radius 1 is 0.889 bits per heavy atom. The van der Waals surface area contributed by atoms with Gasteiger partial charge >= 0.3 is 6.03 Å². The molecule has 0 saturated heterocycles. The molecule has 27 heavy (non-hydrogen) atoms. The second-order valence-electron chi connectivity index (χ2n) is 6.99. The van der Waals surface area contributed by atoms with E-state index in [0.29, 0.717) is 6.54 Å². The van der Waals surface area contributed by atoms with Crippen LogP contribution < -0.4 is 5.32 Å². The molecule has 1 unspecified atom stereocenters. The van der Waals surface area contributed by atoms with Gasteiger partial charge in [-0.15, -0.1) is 0 Å². The highest BCUT2D eigenvalue weighted by Crippen LogP contribution is 2.29. The zero-order valence-electron chi connectivity index (χ0n) is 15.4. The summed E-state index contributed by atoms with van der Waals surface area (Å²) in [7, 11) is 0. The molecule has 1 aliphatic rings. The SMILES string of the molecule is O=C(NCCc1ccccc1)N1CCn2cccc2C1Cc1ccccc1. The first kappa shape index (κ1) is 17.4. The third-order valence-corrected chi connectivity index (χ3v) is 5.23. The highest BCUT2D eigenvalue weighted by Gasteiger charge is 2.30. The van der Waals surface area contributed by atoms with E-state index in [0.717, 1.165) is 25.9 Å². The van der Waals surface area contributed by atoms with E-state index in [-0.39, 0.29) is 12.1 Å². The number of benzene rings is 2. The molecule has 0 aliphatic carbocycles. The number of urea groups is 1. The van der Waals surface area contributed by atoms with Crippen molar-refractivity contribution >= 4 is 6.03 Å². The average molecular weight is 359 g/mol. The Balaban J connectivity index is 1.45. The molecule has 3 aromatic rings. The lowest BCUT2D eigenvalue weighted by Gasteiger charge is -2.37. The van der Waals surface area contributed by atoms with Crippen molar-refractivity contribution in [2.45, 2.75) is 25.4 Å². The van der Waals surface area contributed by atoms with Crippen LogP contribution in [0.1, 0.15) is 22.9 Å². The number of hydrogen-bond acceptors (Lipinski definition) is 1. The lowest BCUT2D eigenvalue weighted by atomic mass is 10.0. The van der Waals surface area contributed by atoms with Gasteiger partial charge in [-0.05, 0) is 36.1 Å². The quantitative estimate of drug-likeness (QED) is 0.733. The molecule has 2 heterocycles. The van der Waals surface area contributed by atoms with Gasteiger partial charge in [0, 0.05) is 31.5 Å². The monoisotopic (exact) mass is 359 g/mol. The fraction of sp³-hybridized carbons (Fsp3) is 0.261.